The highest BCUT2D eigenvalue weighted by atomic mass is 127. The fourth-order valence-electron chi connectivity index (χ4n) is 1.96. The van der Waals surface area contributed by atoms with Crippen molar-refractivity contribution in [1.82, 2.24) is 15.1 Å². The summed E-state index contributed by atoms with van der Waals surface area (Å²) < 4.78 is 1.05. The molecule has 7 heteroatoms. The zero-order valence-electron chi connectivity index (χ0n) is 15.2. The van der Waals surface area contributed by atoms with Crippen molar-refractivity contribution < 1.29 is 4.79 Å². The fraction of sp³-hybridized carbons (Fsp3) is 0.444. The lowest BCUT2D eigenvalue weighted by Gasteiger charge is -2.23. The lowest BCUT2D eigenvalue weighted by molar-refractivity contribution is -0.127. The molecule has 25 heavy (non-hydrogen) atoms. The number of allylic oxidation sites excluding steroid dienone is 1. The summed E-state index contributed by atoms with van der Waals surface area (Å²) in [4.78, 5) is 20.1. The largest absolute Gasteiger partial charge is 0.347 e. The van der Waals surface area contributed by atoms with Crippen molar-refractivity contribution in [2.24, 2.45) is 4.99 Å². The Kier molecular flexibility index (Phi) is 12.6. The SMILES string of the molecule is C=CCCCN(C)C(=NCc1ccc(Br)cc1)NCC(=O)N(C)C.I. The molecule has 1 amide bonds. The van der Waals surface area contributed by atoms with Gasteiger partial charge in [-0.3, -0.25) is 4.79 Å². The molecule has 0 fully saturated rings. The van der Waals surface area contributed by atoms with Crippen molar-refractivity contribution in [3.63, 3.8) is 0 Å². The van der Waals surface area contributed by atoms with E-state index in [-0.39, 0.29) is 36.4 Å². The first-order valence-electron chi connectivity index (χ1n) is 7.99. The van der Waals surface area contributed by atoms with Crippen molar-refractivity contribution in [2.45, 2.75) is 19.4 Å². The summed E-state index contributed by atoms with van der Waals surface area (Å²) in [5.74, 6) is 0.753. The molecule has 1 aromatic carbocycles. The molecule has 0 saturated heterocycles. The highest BCUT2D eigenvalue weighted by Crippen LogP contribution is 2.11. The molecule has 0 unspecified atom stereocenters. The molecular weight excluding hydrogens is 495 g/mol. The molecule has 140 valence electrons. The van der Waals surface area contributed by atoms with Crippen molar-refractivity contribution >= 4 is 51.8 Å². The Hall–Kier alpha value is -1.09. The topological polar surface area (TPSA) is 47.9 Å². The Morgan fingerprint density at radius 2 is 1.92 bits per heavy atom. The van der Waals surface area contributed by atoms with Gasteiger partial charge in [0.25, 0.3) is 0 Å². The number of amides is 1. The normalized spacial score (nSPS) is 10.6. The smallest absolute Gasteiger partial charge is 0.241 e. The maximum atomic E-state index is 11.8. The first-order valence-corrected chi connectivity index (χ1v) is 8.78. The third-order valence-electron chi connectivity index (χ3n) is 3.48. The summed E-state index contributed by atoms with van der Waals surface area (Å²) in [6.07, 6.45) is 3.87. The quantitative estimate of drug-likeness (QED) is 0.187. The molecule has 1 aromatic rings. The number of carbonyl (C=O) groups is 1. The van der Waals surface area contributed by atoms with Crippen molar-refractivity contribution in [2.75, 3.05) is 34.2 Å². The first-order chi connectivity index (χ1) is 11.4. The van der Waals surface area contributed by atoms with Gasteiger partial charge in [-0.15, -0.1) is 30.6 Å². The Bertz CT molecular complexity index is 561. The van der Waals surface area contributed by atoms with E-state index in [1.54, 1.807) is 19.0 Å². The number of carbonyl (C=O) groups excluding carboxylic acids is 1. The second kappa shape index (κ2) is 13.2. The zero-order chi connectivity index (χ0) is 17.9. The highest BCUT2D eigenvalue weighted by molar-refractivity contribution is 14.0. The van der Waals surface area contributed by atoms with Crippen LogP contribution in [0.2, 0.25) is 0 Å². The molecule has 0 saturated carbocycles. The molecule has 0 aliphatic heterocycles. The van der Waals surface area contributed by atoms with Gasteiger partial charge in [-0.1, -0.05) is 34.1 Å². The van der Waals surface area contributed by atoms with E-state index < -0.39 is 0 Å². The van der Waals surface area contributed by atoms with Crippen LogP contribution in [0.25, 0.3) is 0 Å². The summed E-state index contributed by atoms with van der Waals surface area (Å²) in [5, 5.41) is 3.16. The predicted molar refractivity (Wildman–Crippen MR) is 119 cm³/mol. The summed E-state index contributed by atoms with van der Waals surface area (Å²) in [6, 6.07) is 8.07. The molecule has 0 aliphatic rings. The van der Waals surface area contributed by atoms with Crippen LogP contribution >= 0.6 is 39.9 Å². The number of benzene rings is 1. The molecule has 5 nitrogen and oxygen atoms in total. The van der Waals surface area contributed by atoms with Gasteiger partial charge in [0, 0.05) is 32.2 Å². The lowest BCUT2D eigenvalue weighted by Crippen LogP contribution is -2.44. The fourth-order valence-corrected chi connectivity index (χ4v) is 2.22. The number of nitrogens with one attached hydrogen (secondary N) is 1. The number of guanidine groups is 1. The van der Waals surface area contributed by atoms with Gasteiger partial charge in [-0.05, 0) is 30.5 Å². The van der Waals surface area contributed by atoms with Gasteiger partial charge >= 0.3 is 0 Å². The Morgan fingerprint density at radius 3 is 2.48 bits per heavy atom. The summed E-state index contributed by atoms with van der Waals surface area (Å²) in [7, 11) is 5.48. The molecule has 0 aromatic heterocycles. The number of halogens is 2. The van der Waals surface area contributed by atoms with E-state index in [1.807, 2.05) is 42.3 Å². The van der Waals surface area contributed by atoms with Crippen LogP contribution in [0.5, 0.6) is 0 Å². The number of aliphatic imine (C=N–C) groups is 1. The van der Waals surface area contributed by atoms with Crippen LogP contribution in [0.3, 0.4) is 0 Å². The Morgan fingerprint density at radius 1 is 1.28 bits per heavy atom. The van der Waals surface area contributed by atoms with Crippen molar-refractivity contribution in [3.05, 3.63) is 47.0 Å². The van der Waals surface area contributed by atoms with Crippen LogP contribution in [-0.2, 0) is 11.3 Å². The van der Waals surface area contributed by atoms with Gasteiger partial charge in [0.15, 0.2) is 5.96 Å². The van der Waals surface area contributed by atoms with Crippen molar-refractivity contribution in [3.8, 4) is 0 Å². The van der Waals surface area contributed by atoms with Crippen LogP contribution in [0.4, 0.5) is 0 Å². The standard InChI is InChI=1S/C18H27BrN4O.HI/c1-5-6-7-12-23(4)18(21-14-17(24)22(2)3)20-13-15-8-10-16(19)11-9-15;/h5,8-11H,1,6-7,12-14H2,2-4H3,(H,20,21);1H. The number of rotatable bonds is 8. The molecule has 0 radical (unpaired) electrons. The van der Waals surface area contributed by atoms with Gasteiger partial charge in [0.2, 0.25) is 5.91 Å². The van der Waals surface area contributed by atoms with E-state index in [0.717, 1.165) is 35.4 Å². The Labute approximate surface area is 176 Å². The number of hydrogen-bond acceptors (Lipinski definition) is 2. The molecule has 0 heterocycles. The number of nitrogens with zero attached hydrogens (tertiary/aromatic N) is 3. The molecule has 1 N–H and O–H groups in total. The molecule has 0 aliphatic carbocycles. The van der Waals surface area contributed by atoms with Gasteiger partial charge in [0.1, 0.15) is 0 Å². The molecule has 1 rings (SSSR count). The van der Waals surface area contributed by atoms with Crippen molar-refractivity contribution in [1.29, 1.82) is 0 Å². The molecule has 0 bridgehead atoms. The summed E-state index contributed by atoms with van der Waals surface area (Å²) >= 11 is 3.43. The second-order valence-corrected chi connectivity index (χ2v) is 6.68. The zero-order valence-corrected chi connectivity index (χ0v) is 19.1. The maximum Gasteiger partial charge on any atom is 0.241 e. The van der Waals surface area contributed by atoms with Gasteiger partial charge in [-0.2, -0.15) is 0 Å². The van der Waals surface area contributed by atoms with Crippen LogP contribution in [-0.4, -0.2) is 55.9 Å². The number of unbranched alkanes of at least 4 members (excludes halogenated alkanes) is 1. The average molecular weight is 523 g/mol. The summed E-state index contributed by atoms with van der Waals surface area (Å²) in [6.45, 7) is 5.40. The van der Waals surface area contributed by atoms with E-state index >= 15 is 0 Å². The van der Waals surface area contributed by atoms with E-state index in [4.69, 9.17) is 0 Å². The van der Waals surface area contributed by atoms with E-state index in [2.05, 4.69) is 32.8 Å². The first kappa shape index (κ1) is 23.9. The minimum atomic E-state index is 0. The monoisotopic (exact) mass is 522 g/mol. The minimum Gasteiger partial charge on any atom is -0.347 e. The Balaban J connectivity index is 0.00000576. The third kappa shape index (κ3) is 9.84. The molecular formula is C18H28BrIN4O. The van der Waals surface area contributed by atoms with E-state index in [0.29, 0.717) is 6.54 Å². The maximum absolute atomic E-state index is 11.8. The second-order valence-electron chi connectivity index (χ2n) is 5.76. The molecule has 0 atom stereocenters. The predicted octanol–water partition coefficient (Wildman–Crippen LogP) is 3.50. The highest BCUT2D eigenvalue weighted by Gasteiger charge is 2.09. The van der Waals surface area contributed by atoms with Crippen LogP contribution in [0, 0.1) is 0 Å². The van der Waals surface area contributed by atoms with Crippen LogP contribution in [0.15, 0.2) is 46.4 Å². The minimum absolute atomic E-state index is 0. The number of hydrogen-bond donors (Lipinski definition) is 1. The van der Waals surface area contributed by atoms with Gasteiger partial charge in [0.05, 0.1) is 13.1 Å². The van der Waals surface area contributed by atoms with Gasteiger partial charge in [-0.25, -0.2) is 4.99 Å². The van der Waals surface area contributed by atoms with E-state index in [9.17, 15) is 4.79 Å². The van der Waals surface area contributed by atoms with Gasteiger partial charge < -0.3 is 15.1 Å². The van der Waals surface area contributed by atoms with Crippen LogP contribution in [0.1, 0.15) is 18.4 Å². The van der Waals surface area contributed by atoms with E-state index in [1.165, 1.54) is 0 Å². The molecule has 0 spiro atoms. The number of likely N-dealkylation sites (N-methyl/N-ethyl adjacent to an activating group) is 1. The average Bonchev–Trinajstić information content (AvgIpc) is 2.56. The van der Waals surface area contributed by atoms with Crippen LogP contribution < -0.4 is 5.32 Å². The lowest BCUT2D eigenvalue weighted by atomic mass is 10.2. The third-order valence-corrected chi connectivity index (χ3v) is 4.01. The summed E-state index contributed by atoms with van der Waals surface area (Å²) in [5.41, 5.74) is 1.12.